The number of ether oxygens (including phenoxy) is 1. The van der Waals surface area contributed by atoms with Gasteiger partial charge in [0.2, 0.25) is 10.0 Å². The van der Waals surface area contributed by atoms with E-state index in [4.69, 9.17) is 9.88 Å². The molecule has 1 atom stereocenters. The maximum Gasteiger partial charge on any atom is 0.255 e. The second kappa shape index (κ2) is 7.42. The highest BCUT2D eigenvalue weighted by Gasteiger charge is 2.19. The fourth-order valence-electron chi connectivity index (χ4n) is 2.03. The summed E-state index contributed by atoms with van der Waals surface area (Å²) in [5.41, 5.74) is 0.165. The molecular formula is C14H22N2O4S. The van der Waals surface area contributed by atoms with E-state index in [1.54, 1.807) is 0 Å². The van der Waals surface area contributed by atoms with Gasteiger partial charge in [0.05, 0.1) is 17.6 Å². The monoisotopic (exact) mass is 314 g/mol. The van der Waals surface area contributed by atoms with E-state index < -0.39 is 10.0 Å². The smallest absolute Gasteiger partial charge is 0.255 e. The van der Waals surface area contributed by atoms with Crippen molar-refractivity contribution < 1.29 is 17.9 Å². The topological polar surface area (TPSA) is 98.5 Å². The quantitative estimate of drug-likeness (QED) is 0.799. The zero-order valence-corrected chi connectivity index (χ0v) is 13.4. The van der Waals surface area contributed by atoms with Crippen LogP contribution in [0.4, 0.5) is 0 Å². The standard InChI is InChI=1S/C14H22N2O4S/c1-4-6-10(5-2)16-14(17)12-9-11(21(15,18)19)7-8-13(12)20-3/h7-10H,4-6H2,1-3H3,(H,16,17)(H2,15,18,19). The molecule has 1 aromatic rings. The van der Waals surface area contributed by atoms with Crippen LogP contribution in [-0.4, -0.2) is 27.5 Å². The van der Waals surface area contributed by atoms with E-state index in [9.17, 15) is 13.2 Å². The third-order valence-corrected chi connectivity index (χ3v) is 4.12. The molecule has 3 N–H and O–H groups in total. The SMILES string of the molecule is CCCC(CC)NC(=O)c1cc(S(N)(=O)=O)ccc1OC. The molecule has 0 fully saturated rings. The average molecular weight is 314 g/mol. The molecule has 0 aliphatic heterocycles. The van der Waals surface area contributed by atoms with E-state index in [0.29, 0.717) is 5.75 Å². The Labute approximate surface area is 125 Å². The molecule has 0 spiro atoms. The minimum atomic E-state index is -3.86. The Morgan fingerprint density at radius 3 is 2.52 bits per heavy atom. The van der Waals surface area contributed by atoms with Gasteiger partial charge < -0.3 is 10.1 Å². The van der Waals surface area contributed by atoms with Crippen LogP contribution in [0, 0.1) is 0 Å². The third-order valence-electron chi connectivity index (χ3n) is 3.21. The summed E-state index contributed by atoms with van der Waals surface area (Å²) in [5, 5.41) is 7.97. The van der Waals surface area contributed by atoms with E-state index in [2.05, 4.69) is 5.32 Å². The summed E-state index contributed by atoms with van der Waals surface area (Å²) < 4.78 is 27.9. The van der Waals surface area contributed by atoms with Gasteiger partial charge in [-0.15, -0.1) is 0 Å². The lowest BCUT2D eigenvalue weighted by molar-refractivity contribution is 0.0930. The first-order valence-corrected chi connectivity index (χ1v) is 8.39. The lowest BCUT2D eigenvalue weighted by Gasteiger charge is -2.17. The molecule has 1 unspecified atom stereocenters. The van der Waals surface area contributed by atoms with Crippen LogP contribution in [-0.2, 0) is 10.0 Å². The summed E-state index contributed by atoms with van der Waals surface area (Å²) in [4.78, 5) is 12.2. The zero-order chi connectivity index (χ0) is 16.0. The third kappa shape index (κ3) is 4.71. The molecule has 1 aromatic carbocycles. The van der Waals surface area contributed by atoms with Crippen LogP contribution in [0.3, 0.4) is 0 Å². The number of carbonyl (C=O) groups is 1. The zero-order valence-electron chi connectivity index (χ0n) is 12.5. The molecule has 1 rings (SSSR count). The Morgan fingerprint density at radius 2 is 2.05 bits per heavy atom. The summed E-state index contributed by atoms with van der Waals surface area (Å²) >= 11 is 0. The maximum absolute atomic E-state index is 12.3. The Kier molecular flexibility index (Phi) is 6.17. The van der Waals surface area contributed by atoms with Gasteiger partial charge in [0.25, 0.3) is 5.91 Å². The Morgan fingerprint density at radius 1 is 1.38 bits per heavy atom. The molecule has 0 aromatic heterocycles. The van der Waals surface area contributed by atoms with E-state index in [-0.39, 0.29) is 22.4 Å². The van der Waals surface area contributed by atoms with Crippen LogP contribution in [0.5, 0.6) is 5.75 Å². The molecule has 1 amide bonds. The highest BCUT2D eigenvalue weighted by atomic mass is 32.2. The van der Waals surface area contributed by atoms with Gasteiger partial charge in [0, 0.05) is 6.04 Å². The van der Waals surface area contributed by atoms with Crippen LogP contribution in [0.25, 0.3) is 0 Å². The molecule has 0 aliphatic rings. The van der Waals surface area contributed by atoms with Crippen molar-refractivity contribution in [2.75, 3.05) is 7.11 Å². The van der Waals surface area contributed by atoms with Crippen LogP contribution in [0.1, 0.15) is 43.5 Å². The summed E-state index contributed by atoms with van der Waals surface area (Å²) in [6, 6.07) is 4.02. The number of carbonyl (C=O) groups excluding carboxylic acids is 1. The van der Waals surface area contributed by atoms with Crippen molar-refractivity contribution in [1.29, 1.82) is 0 Å². The van der Waals surface area contributed by atoms with Crippen LogP contribution >= 0.6 is 0 Å². The molecule has 7 heteroatoms. The first kappa shape index (κ1) is 17.5. The highest BCUT2D eigenvalue weighted by molar-refractivity contribution is 7.89. The number of primary sulfonamides is 1. The van der Waals surface area contributed by atoms with Gasteiger partial charge in [-0.1, -0.05) is 20.3 Å². The predicted molar refractivity (Wildman–Crippen MR) is 80.8 cm³/mol. The second-order valence-electron chi connectivity index (χ2n) is 4.77. The molecule has 0 saturated heterocycles. The number of methoxy groups -OCH3 is 1. The van der Waals surface area contributed by atoms with Crippen molar-refractivity contribution >= 4 is 15.9 Å². The van der Waals surface area contributed by atoms with Gasteiger partial charge in [-0.05, 0) is 31.0 Å². The number of hydrogen-bond donors (Lipinski definition) is 2. The molecule has 0 saturated carbocycles. The molecule has 0 bridgehead atoms. The minimum absolute atomic E-state index is 0.0466. The van der Waals surface area contributed by atoms with Crippen molar-refractivity contribution in [2.45, 2.75) is 44.0 Å². The van der Waals surface area contributed by atoms with Crippen LogP contribution in [0.15, 0.2) is 23.1 Å². The normalized spacial score (nSPS) is 12.8. The molecule has 0 radical (unpaired) electrons. The van der Waals surface area contributed by atoms with E-state index in [0.717, 1.165) is 19.3 Å². The molecule has 118 valence electrons. The fourth-order valence-corrected chi connectivity index (χ4v) is 2.57. The average Bonchev–Trinajstić information content (AvgIpc) is 2.44. The van der Waals surface area contributed by atoms with E-state index in [1.165, 1.54) is 25.3 Å². The van der Waals surface area contributed by atoms with Crippen molar-refractivity contribution in [3.63, 3.8) is 0 Å². The van der Waals surface area contributed by atoms with Gasteiger partial charge in [-0.25, -0.2) is 13.6 Å². The lowest BCUT2D eigenvalue weighted by Crippen LogP contribution is -2.34. The Hall–Kier alpha value is -1.60. The maximum atomic E-state index is 12.3. The Balaban J connectivity index is 3.11. The van der Waals surface area contributed by atoms with Crippen LogP contribution in [0.2, 0.25) is 0 Å². The number of benzene rings is 1. The first-order chi connectivity index (χ1) is 9.83. The number of nitrogens with two attached hydrogens (primary N) is 1. The number of hydrogen-bond acceptors (Lipinski definition) is 4. The van der Waals surface area contributed by atoms with Gasteiger partial charge in [-0.3, -0.25) is 4.79 Å². The predicted octanol–water partition coefficient (Wildman–Crippen LogP) is 1.65. The summed E-state index contributed by atoms with van der Waals surface area (Å²) in [6.45, 7) is 4.02. The summed E-state index contributed by atoms with van der Waals surface area (Å²) in [5.74, 6) is -0.0519. The fraction of sp³-hybridized carbons (Fsp3) is 0.500. The lowest BCUT2D eigenvalue weighted by atomic mass is 10.1. The minimum Gasteiger partial charge on any atom is -0.496 e. The van der Waals surface area contributed by atoms with E-state index in [1.807, 2.05) is 13.8 Å². The van der Waals surface area contributed by atoms with Crippen molar-refractivity contribution in [3.8, 4) is 5.75 Å². The Bertz CT molecular complexity index is 599. The molecule has 21 heavy (non-hydrogen) atoms. The van der Waals surface area contributed by atoms with Crippen LogP contribution < -0.4 is 15.2 Å². The number of rotatable bonds is 7. The van der Waals surface area contributed by atoms with Gasteiger partial charge >= 0.3 is 0 Å². The van der Waals surface area contributed by atoms with E-state index >= 15 is 0 Å². The van der Waals surface area contributed by atoms with Crippen molar-refractivity contribution in [2.24, 2.45) is 5.14 Å². The molecule has 0 heterocycles. The number of amides is 1. The largest absolute Gasteiger partial charge is 0.496 e. The summed E-state index contributed by atoms with van der Waals surface area (Å²) in [7, 11) is -2.44. The van der Waals surface area contributed by atoms with Gasteiger partial charge in [0.1, 0.15) is 5.75 Å². The van der Waals surface area contributed by atoms with Crippen molar-refractivity contribution in [3.05, 3.63) is 23.8 Å². The highest BCUT2D eigenvalue weighted by Crippen LogP contribution is 2.22. The number of sulfonamides is 1. The second-order valence-corrected chi connectivity index (χ2v) is 6.34. The molecule has 0 aliphatic carbocycles. The molecular weight excluding hydrogens is 292 g/mol. The summed E-state index contributed by atoms with van der Waals surface area (Å²) in [6.07, 6.45) is 2.61. The van der Waals surface area contributed by atoms with Gasteiger partial charge in [0.15, 0.2) is 0 Å². The molecule has 6 nitrogen and oxygen atoms in total. The van der Waals surface area contributed by atoms with Crippen molar-refractivity contribution in [1.82, 2.24) is 5.32 Å². The number of nitrogens with one attached hydrogen (secondary N) is 1. The van der Waals surface area contributed by atoms with Gasteiger partial charge in [-0.2, -0.15) is 0 Å². The first-order valence-electron chi connectivity index (χ1n) is 6.85.